The molecule has 1 heterocycles. The number of rotatable bonds is 11. The van der Waals surface area contributed by atoms with E-state index in [4.69, 9.17) is 4.74 Å². The Bertz CT molecular complexity index is 1360. The first-order valence-electron chi connectivity index (χ1n) is 13.6. The van der Waals surface area contributed by atoms with E-state index in [2.05, 4.69) is 40.8 Å². The molecule has 2 aliphatic rings. The minimum atomic E-state index is -0.422. The molecule has 2 saturated carbocycles. The van der Waals surface area contributed by atoms with Gasteiger partial charge in [0.15, 0.2) is 5.82 Å². The number of nitrogens with zero attached hydrogens (tertiary/aromatic N) is 2. The topological polar surface area (TPSA) is 97.3 Å². The summed E-state index contributed by atoms with van der Waals surface area (Å²) in [5, 5.41) is 9.91. The molecule has 1 amide bonds. The van der Waals surface area contributed by atoms with Crippen LogP contribution in [0.2, 0.25) is 0 Å². The number of carbonyl (C=O) groups is 1. The van der Waals surface area contributed by atoms with Crippen LogP contribution >= 0.6 is 0 Å². The van der Waals surface area contributed by atoms with Crippen LogP contribution in [-0.4, -0.2) is 40.7 Å². The molecule has 2 fully saturated rings. The molecular weight excluding hydrogens is 478 g/mol. The Morgan fingerprint density at radius 3 is 2.68 bits per heavy atom. The number of ether oxygens (including phenoxy) is 1. The fourth-order valence-corrected chi connectivity index (χ4v) is 4.91. The Kier molecular flexibility index (Phi) is 7.51. The van der Waals surface area contributed by atoms with Gasteiger partial charge in [0.1, 0.15) is 12.4 Å². The summed E-state index contributed by atoms with van der Waals surface area (Å²) in [5.41, 5.74) is 2.49. The summed E-state index contributed by atoms with van der Waals surface area (Å²) in [4.78, 5) is 30.8. The number of benzene rings is 2. The molecule has 2 aliphatic carbocycles. The zero-order valence-corrected chi connectivity index (χ0v) is 22.4. The Morgan fingerprint density at radius 1 is 1.18 bits per heavy atom. The first kappa shape index (κ1) is 26.0. The third-order valence-corrected chi connectivity index (χ3v) is 7.36. The molecule has 38 heavy (non-hydrogen) atoms. The molecule has 0 aliphatic heterocycles. The molecule has 8 heteroatoms. The summed E-state index contributed by atoms with van der Waals surface area (Å²) in [5.74, 6) is 1.00. The summed E-state index contributed by atoms with van der Waals surface area (Å²) >= 11 is 0. The van der Waals surface area contributed by atoms with Gasteiger partial charge in [-0.05, 0) is 62.8 Å². The van der Waals surface area contributed by atoms with Crippen molar-refractivity contribution in [1.29, 1.82) is 0 Å². The van der Waals surface area contributed by atoms with Crippen molar-refractivity contribution in [3.8, 4) is 11.4 Å². The average molecular weight is 516 g/mol. The van der Waals surface area contributed by atoms with Crippen molar-refractivity contribution in [2.75, 3.05) is 18.5 Å². The number of anilines is 1. The fraction of sp³-hybridized carbons (Fsp3) is 0.433. The van der Waals surface area contributed by atoms with E-state index in [1.807, 2.05) is 31.2 Å². The van der Waals surface area contributed by atoms with E-state index in [0.717, 1.165) is 55.5 Å². The van der Waals surface area contributed by atoms with Gasteiger partial charge in [0.2, 0.25) is 0 Å². The largest absolute Gasteiger partial charge is 0.492 e. The van der Waals surface area contributed by atoms with E-state index < -0.39 is 5.54 Å². The highest BCUT2D eigenvalue weighted by atomic mass is 16.5. The molecule has 2 aromatic carbocycles. The highest BCUT2D eigenvalue weighted by Crippen LogP contribution is 2.46. The van der Waals surface area contributed by atoms with Crippen LogP contribution in [0.3, 0.4) is 0 Å². The zero-order valence-electron chi connectivity index (χ0n) is 22.4. The number of carbonyl (C=O) groups excluding carboxylic acids is 1. The lowest BCUT2D eigenvalue weighted by molar-refractivity contribution is 0.0951. The summed E-state index contributed by atoms with van der Waals surface area (Å²) < 4.78 is 7.74. The maximum Gasteiger partial charge on any atom is 0.297 e. The first-order valence-corrected chi connectivity index (χ1v) is 13.6. The molecule has 0 bridgehead atoms. The van der Waals surface area contributed by atoms with E-state index in [1.165, 1.54) is 0 Å². The minimum Gasteiger partial charge on any atom is -0.492 e. The van der Waals surface area contributed by atoms with Crippen molar-refractivity contribution in [2.24, 2.45) is 0 Å². The number of hydrogen-bond donors (Lipinski definition) is 3. The van der Waals surface area contributed by atoms with Gasteiger partial charge < -0.3 is 20.7 Å². The van der Waals surface area contributed by atoms with Gasteiger partial charge in [-0.25, -0.2) is 4.98 Å². The van der Waals surface area contributed by atoms with Gasteiger partial charge in [-0.2, -0.15) is 0 Å². The van der Waals surface area contributed by atoms with Crippen molar-refractivity contribution in [3.63, 3.8) is 0 Å². The molecule has 0 saturated heterocycles. The van der Waals surface area contributed by atoms with Crippen LogP contribution in [0.15, 0.2) is 59.7 Å². The second-order valence-corrected chi connectivity index (χ2v) is 10.7. The molecule has 200 valence electrons. The Hall–Kier alpha value is -3.65. The zero-order chi connectivity index (χ0) is 26.7. The smallest absolute Gasteiger partial charge is 0.297 e. The molecule has 0 spiro atoms. The van der Waals surface area contributed by atoms with Crippen LogP contribution in [0.5, 0.6) is 5.75 Å². The summed E-state index contributed by atoms with van der Waals surface area (Å²) in [6.45, 7) is 7.48. The molecular formula is C30H37N5O3. The van der Waals surface area contributed by atoms with Gasteiger partial charge in [-0.1, -0.05) is 38.1 Å². The van der Waals surface area contributed by atoms with Gasteiger partial charge >= 0.3 is 0 Å². The molecule has 5 rings (SSSR count). The van der Waals surface area contributed by atoms with Gasteiger partial charge in [0.25, 0.3) is 11.5 Å². The van der Waals surface area contributed by atoms with E-state index in [9.17, 15) is 9.59 Å². The maximum atomic E-state index is 13.7. The Balaban J connectivity index is 1.41. The molecule has 0 atom stereocenters. The molecule has 8 nitrogen and oxygen atoms in total. The second-order valence-electron chi connectivity index (χ2n) is 10.7. The van der Waals surface area contributed by atoms with Crippen LogP contribution < -0.4 is 26.2 Å². The van der Waals surface area contributed by atoms with Crippen LogP contribution in [0, 0.1) is 6.92 Å². The molecule has 3 aromatic rings. The maximum absolute atomic E-state index is 13.7. The number of aromatic nitrogens is 2. The molecule has 0 radical (unpaired) electrons. The van der Waals surface area contributed by atoms with Gasteiger partial charge in [-0.3, -0.25) is 14.2 Å². The summed E-state index contributed by atoms with van der Waals surface area (Å²) in [6, 6.07) is 14.2. The van der Waals surface area contributed by atoms with Crippen molar-refractivity contribution in [2.45, 2.75) is 70.5 Å². The van der Waals surface area contributed by atoms with Crippen LogP contribution in [0.4, 0.5) is 5.82 Å². The normalized spacial score (nSPS) is 16.1. The van der Waals surface area contributed by atoms with Crippen molar-refractivity contribution >= 4 is 11.7 Å². The highest BCUT2D eigenvalue weighted by molar-refractivity contribution is 5.95. The quantitative estimate of drug-likeness (QED) is 0.330. The standard InChI is InChI=1S/C30H37N5O3/c1-20(2)31-16-18-38-26-8-5-4-7-24(26)30(13-6-14-30)34-27-29(37)35(17-15-32-27)25-19-22(10-9-21(25)3)28(36)33-23-11-12-23/h4-5,7-10,15,17,19-20,23,31H,6,11-14,16,18H2,1-3H3,(H,32,34)(H,33,36). The predicted molar refractivity (Wildman–Crippen MR) is 149 cm³/mol. The molecule has 0 unspecified atom stereocenters. The third-order valence-electron chi connectivity index (χ3n) is 7.36. The molecule has 1 aromatic heterocycles. The van der Waals surface area contributed by atoms with Crippen LogP contribution in [-0.2, 0) is 5.54 Å². The average Bonchev–Trinajstić information content (AvgIpc) is 3.70. The van der Waals surface area contributed by atoms with E-state index >= 15 is 0 Å². The first-order chi connectivity index (χ1) is 18.4. The minimum absolute atomic E-state index is 0.108. The van der Waals surface area contributed by atoms with Crippen molar-refractivity contribution in [3.05, 3.63) is 81.9 Å². The number of para-hydroxylation sites is 1. The van der Waals surface area contributed by atoms with E-state index in [0.29, 0.717) is 23.9 Å². The number of aryl methyl sites for hydroxylation is 1. The number of amides is 1. The monoisotopic (exact) mass is 515 g/mol. The lowest BCUT2D eigenvalue weighted by atomic mass is 9.71. The third kappa shape index (κ3) is 5.60. The Labute approximate surface area is 223 Å². The fourth-order valence-electron chi connectivity index (χ4n) is 4.91. The highest BCUT2D eigenvalue weighted by Gasteiger charge is 2.41. The lowest BCUT2D eigenvalue weighted by Gasteiger charge is -2.44. The second kappa shape index (κ2) is 11.0. The molecule has 3 N–H and O–H groups in total. The SMILES string of the molecule is Cc1ccc(C(=O)NC2CC2)cc1-n1ccnc(NC2(c3ccccc3OCCNC(C)C)CCC2)c1=O. The number of hydrogen-bond acceptors (Lipinski definition) is 6. The summed E-state index contributed by atoms with van der Waals surface area (Å²) in [6.07, 6.45) is 8.14. The van der Waals surface area contributed by atoms with E-state index in [-0.39, 0.29) is 23.3 Å². The predicted octanol–water partition coefficient (Wildman–Crippen LogP) is 4.30. The number of nitrogens with one attached hydrogen (secondary N) is 3. The summed E-state index contributed by atoms with van der Waals surface area (Å²) in [7, 11) is 0. The lowest BCUT2D eigenvalue weighted by Crippen LogP contribution is -2.44. The Morgan fingerprint density at radius 2 is 1.97 bits per heavy atom. The van der Waals surface area contributed by atoms with Crippen LogP contribution in [0.25, 0.3) is 5.69 Å². The van der Waals surface area contributed by atoms with Crippen molar-refractivity contribution in [1.82, 2.24) is 20.2 Å². The van der Waals surface area contributed by atoms with Crippen LogP contribution in [0.1, 0.15) is 67.4 Å². The van der Waals surface area contributed by atoms with Gasteiger partial charge in [0.05, 0.1) is 11.2 Å². The van der Waals surface area contributed by atoms with Crippen molar-refractivity contribution < 1.29 is 9.53 Å². The van der Waals surface area contributed by atoms with Gasteiger partial charge in [-0.15, -0.1) is 0 Å². The van der Waals surface area contributed by atoms with Gasteiger partial charge in [0, 0.05) is 42.1 Å². The van der Waals surface area contributed by atoms with E-state index in [1.54, 1.807) is 29.1 Å².